The number of amides is 1. The van der Waals surface area contributed by atoms with Gasteiger partial charge in [-0.25, -0.2) is 8.78 Å². The fourth-order valence-electron chi connectivity index (χ4n) is 1.53. The molecule has 0 heterocycles. The molecular weight excluding hydrogens is 278 g/mol. The Hall–Kier alpha value is -2.76. The third kappa shape index (κ3) is 4.38. The van der Waals surface area contributed by atoms with Gasteiger partial charge in [0.15, 0.2) is 12.4 Å². The number of ether oxygens (including phenoxy) is 1. The molecule has 2 rings (SSSR count). The maximum atomic E-state index is 13.4. The SMILES string of the molecule is NC(=O)COc1ccc(C=Nc2ccc(F)cc2F)cc1. The van der Waals surface area contributed by atoms with Gasteiger partial charge in [0.25, 0.3) is 5.91 Å². The number of carbonyl (C=O) groups is 1. The van der Waals surface area contributed by atoms with Crippen LogP contribution in [0.4, 0.5) is 14.5 Å². The van der Waals surface area contributed by atoms with Crippen molar-refractivity contribution in [3.8, 4) is 5.75 Å². The monoisotopic (exact) mass is 290 g/mol. The average Bonchev–Trinajstić information content (AvgIpc) is 2.45. The minimum atomic E-state index is -0.729. The first-order chi connectivity index (χ1) is 10.0. The van der Waals surface area contributed by atoms with E-state index >= 15 is 0 Å². The van der Waals surface area contributed by atoms with Crippen molar-refractivity contribution in [3.63, 3.8) is 0 Å². The number of hydrogen-bond donors (Lipinski definition) is 1. The zero-order valence-electron chi connectivity index (χ0n) is 10.9. The van der Waals surface area contributed by atoms with E-state index in [2.05, 4.69) is 4.99 Å². The summed E-state index contributed by atoms with van der Waals surface area (Å²) in [6.45, 7) is -0.200. The van der Waals surface area contributed by atoms with E-state index in [0.29, 0.717) is 11.3 Å². The van der Waals surface area contributed by atoms with Gasteiger partial charge in [-0.2, -0.15) is 0 Å². The van der Waals surface area contributed by atoms with Crippen molar-refractivity contribution in [3.05, 3.63) is 59.7 Å². The summed E-state index contributed by atoms with van der Waals surface area (Å²) in [5.41, 5.74) is 5.71. The van der Waals surface area contributed by atoms with Crippen molar-refractivity contribution in [1.29, 1.82) is 0 Å². The van der Waals surface area contributed by atoms with Crippen molar-refractivity contribution >= 4 is 17.8 Å². The summed E-state index contributed by atoms with van der Waals surface area (Å²) < 4.78 is 31.2. The fourth-order valence-corrected chi connectivity index (χ4v) is 1.53. The van der Waals surface area contributed by atoms with Crippen LogP contribution in [-0.2, 0) is 4.79 Å². The molecule has 0 atom stereocenters. The molecule has 0 bridgehead atoms. The van der Waals surface area contributed by atoms with E-state index in [0.717, 1.165) is 12.1 Å². The van der Waals surface area contributed by atoms with Gasteiger partial charge in [-0.3, -0.25) is 9.79 Å². The second-order valence-electron chi connectivity index (χ2n) is 4.18. The number of carbonyl (C=O) groups excluding carboxylic acids is 1. The number of primary amides is 1. The van der Waals surface area contributed by atoms with Crippen LogP contribution in [-0.4, -0.2) is 18.7 Å². The number of nitrogens with zero attached hydrogens (tertiary/aromatic N) is 1. The quantitative estimate of drug-likeness (QED) is 0.860. The van der Waals surface area contributed by atoms with E-state index in [1.165, 1.54) is 12.3 Å². The lowest BCUT2D eigenvalue weighted by molar-refractivity contribution is -0.119. The number of hydrogen-bond acceptors (Lipinski definition) is 3. The molecule has 0 spiro atoms. The van der Waals surface area contributed by atoms with Crippen LogP contribution in [0.15, 0.2) is 47.5 Å². The number of nitrogens with two attached hydrogens (primary N) is 1. The number of rotatable bonds is 5. The molecule has 4 nitrogen and oxygen atoms in total. The van der Waals surface area contributed by atoms with E-state index in [4.69, 9.17) is 10.5 Å². The van der Waals surface area contributed by atoms with E-state index in [1.54, 1.807) is 24.3 Å². The second-order valence-corrected chi connectivity index (χ2v) is 4.18. The third-order valence-electron chi connectivity index (χ3n) is 2.52. The maximum absolute atomic E-state index is 13.4. The summed E-state index contributed by atoms with van der Waals surface area (Å²) in [6, 6.07) is 9.79. The standard InChI is InChI=1S/C15H12F2N2O2/c16-11-3-6-14(13(17)7-11)19-8-10-1-4-12(5-2-10)21-9-15(18)20/h1-8H,9H2,(H2,18,20). The molecule has 2 aromatic rings. The lowest BCUT2D eigenvalue weighted by Crippen LogP contribution is -2.19. The molecule has 0 aliphatic heterocycles. The second kappa shape index (κ2) is 6.60. The Balaban J connectivity index is 2.05. The van der Waals surface area contributed by atoms with Crippen LogP contribution in [0.25, 0.3) is 0 Å². The molecule has 1 amide bonds. The first-order valence-corrected chi connectivity index (χ1v) is 6.05. The molecular formula is C15H12F2N2O2. The van der Waals surface area contributed by atoms with E-state index in [1.807, 2.05) is 0 Å². The van der Waals surface area contributed by atoms with Gasteiger partial charge in [0.05, 0.1) is 5.69 Å². The molecule has 0 aliphatic carbocycles. The van der Waals surface area contributed by atoms with E-state index in [-0.39, 0.29) is 12.3 Å². The van der Waals surface area contributed by atoms with Gasteiger partial charge in [0.1, 0.15) is 11.6 Å². The summed E-state index contributed by atoms with van der Waals surface area (Å²) in [5, 5.41) is 0. The van der Waals surface area contributed by atoms with Gasteiger partial charge < -0.3 is 10.5 Å². The van der Waals surface area contributed by atoms with Gasteiger partial charge in [0, 0.05) is 12.3 Å². The Kier molecular flexibility index (Phi) is 4.61. The highest BCUT2D eigenvalue weighted by Gasteiger charge is 2.01. The smallest absolute Gasteiger partial charge is 0.255 e. The Labute approximate surface area is 119 Å². The topological polar surface area (TPSA) is 64.7 Å². The van der Waals surface area contributed by atoms with Crippen molar-refractivity contribution < 1.29 is 18.3 Å². The molecule has 0 aliphatic rings. The molecule has 0 unspecified atom stereocenters. The highest BCUT2D eigenvalue weighted by molar-refractivity contribution is 5.82. The molecule has 0 saturated carbocycles. The number of benzene rings is 2. The summed E-state index contributed by atoms with van der Waals surface area (Å²) in [4.78, 5) is 14.5. The van der Waals surface area contributed by atoms with E-state index in [9.17, 15) is 13.6 Å². The van der Waals surface area contributed by atoms with Crippen LogP contribution in [0.5, 0.6) is 5.75 Å². The van der Waals surface area contributed by atoms with Gasteiger partial charge in [-0.05, 0) is 42.0 Å². The Morgan fingerprint density at radius 1 is 1.19 bits per heavy atom. The molecule has 0 radical (unpaired) electrons. The highest BCUT2D eigenvalue weighted by atomic mass is 19.1. The van der Waals surface area contributed by atoms with Crippen LogP contribution in [0.3, 0.4) is 0 Å². The average molecular weight is 290 g/mol. The minimum Gasteiger partial charge on any atom is -0.484 e. The molecule has 0 saturated heterocycles. The zero-order valence-corrected chi connectivity index (χ0v) is 10.9. The van der Waals surface area contributed by atoms with Crippen molar-refractivity contribution in [2.45, 2.75) is 0 Å². The Morgan fingerprint density at radius 2 is 1.90 bits per heavy atom. The van der Waals surface area contributed by atoms with E-state index < -0.39 is 17.5 Å². The third-order valence-corrected chi connectivity index (χ3v) is 2.52. The first-order valence-electron chi connectivity index (χ1n) is 6.05. The van der Waals surface area contributed by atoms with Crippen molar-refractivity contribution in [1.82, 2.24) is 0 Å². The van der Waals surface area contributed by atoms with Crippen LogP contribution in [0.1, 0.15) is 5.56 Å². The van der Waals surface area contributed by atoms with Gasteiger partial charge in [-0.1, -0.05) is 0 Å². The van der Waals surface area contributed by atoms with Gasteiger partial charge >= 0.3 is 0 Å². The fraction of sp³-hybridized carbons (Fsp3) is 0.0667. The normalized spacial score (nSPS) is 10.8. The largest absolute Gasteiger partial charge is 0.484 e. The lowest BCUT2D eigenvalue weighted by atomic mass is 10.2. The summed E-state index contributed by atoms with van der Waals surface area (Å²) in [5.74, 6) is -1.46. The maximum Gasteiger partial charge on any atom is 0.255 e. The molecule has 0 aromatic heterocycles. The van der Waals surface area contributed by atoms with Crippen LogP contribution in [0, 0.1) is 11.6 Å². The predicted molar refractivity (Wildman–Crippen MR) is 74.7 cm³/mol. The zero-order chi connectivity index (χ0) is 15.2. The van der Waals surface area contributed by atoms with Crippen molar-refractivity contribution in [2.75, 3.05) is 6.61 Å². The summed E-state index contributed by atoms with van der Waals surface area (Å²) in [6.07, 6.45) is 1.44. The first kappa shape index (κ1) is 14.6. The summed E-state index contributed by atoms with van der Waals surface area (Å²) >= 11 is 0. The summed E-state index contributed by atoms with van der Waals surface area (Å²) in [7, 11) is 0. The van der Waals surface area contributed by atoms with Gasteiger partial charge in [0.2, 0.25) is 0 Å². The van der Waals surface area contributed by atoms with Crippen LogP contribution >= 0.6 is 0 Å². The molecule has 6 heteroatoms. The molecule has 108 valence electrons. The Morgan fingerprint density at radius 3 is 2.52 bits per heavy atom. The predicted octanol–water partition coefficient (Wildman–Crippen LogP) is 2.58. The highest BCUT2D eigenvalue weighted by Crippen LogP contribution is 2.18. The van der Waals surface area contributed by atoms with Crippen molar-refractivity contribution in [2.24, 2.45) is 10.7 Å². The lowest BCUT2D eigenvalue weighted by Gasteiger charge is -2.03. The van der Waals surface area contributed by atoms with Crippen LogP contribution in [0.2, 0.25) is 0 Å². The number of halogens is 2. The van der Waals surface area contributed by atoms with Gasteiger partial charge in [-0.15, -0.1) is 0 Å². The molecule has 2 N–H and O–H groups in total. The Bertz CT molecular complexity index is 670. The minimum absolute atomic E-state index is 0.0467. The molecule has 2 aromatic carbocycles. The van der Waals surface area contributed by atoms with Crippen LogP contribution < -0.4 is 10.5 Å². The molecule has 0 fully saturated rings. The molecule has 21 heavy (non-hydrogen) atoms. The number of aliphatic imine (C=N–C) groups is 1.